The molecule has 0 radical (unpaired) electrons. The van der Waals surface area contributed by atoms with E-state index in [-0.39, 0.29) is 11.6 Å². The van der Waals surface area contributed by atoms with Crippen LogP contribution in [0.15, 0.2) is 24.3 Å². The molecule has 0 saturated heterocycles. The third-order valence-electron chi connectivity index (χ3n) is 2.63. The summed E-state index contributed by atoms with van der Waals surface area (Å²) >= 11 is 0. The number of benzene rings is 1. The van der Waals surface area contributed by atoms with Crippen molar-refractivity contribution < 1.29 is 14.7 Å². The Hall–Kier alpha value is -2.04. The first-order valence-electron chi connectivity index (χ1n) is 6.21. The lowest BCUT2D eigenvalue weighted by Crippen LogP contribution is -2.38. The summed E-state index contributed by atoms with van der Waals surface area (Å²) in [5.74, 6) is -0.540. The summed E-state index contributed by atoms with van der Waals surface area (Å²) in [6.07, 6.45) is 0. The zero-order valence-corrected chi connectivity index (χ0v) is 11.5. The normalized spacial score (nSPS) is 10.3. The first kappa shape index (κ1) is 15.0. The summed E-state index contributed by atoms with van der Waals surface area (Å²) in [6, 6.07) is 6.39. The summed E-state index contributed by atoms with van der Waals surface area (Å²) in [5.41, 5.74) is 1.14. The third-order valence-corrected chi connectivity index (χ3v) is 2.63. The molecule has 0 aromatic heterocycles. The Kier molecular flexibility index (Phi) is 5.36. The highest BCUT2D eigenvalue weighted by molar-refractivity contribution is 5.87. The molecule has 1 rings (SSSR count). The monoisotopic (exact) mass is 264 g/mol. The van der Waals surface area contributed by atoms with Gasteiger partial charge in [0.1, 0.15) is 0 Å². The molecular formula is C14H20N2O3. The van der Waals surface area contributed by atoms with Crippen LogP contribution in [0.25, 0.3) is 0 Å². The van der Waals surface area contributed by atoms with Crippen LogP contribution < -0.4 is 5.32 Å². The van der Waals surface area contributed by atoms with Crippen LogP contribution in [-0.4, -0.2) is 35.6 Å². The van der Waals surface area contributed by atoms with Crippen LogP contribution in [0.4, 0.5) is 4.79 Å². The molecule has 1 aromatic carbocycles. The van der Waals surface area contributed by atoms with Gasteiger partial charge in [-0.3, -0.25) is 0 Å². The number of carbonyl (C=O) groups excluding carboxylic acids is 1. The van der Waals surface area contributed by atoms with E-state index in [1.807, 2.05) is 13.8 Å². The van der Waals surface area contributed by atoms with Crippen molar-refractivity contribution in [1.82, 2.24) is 10.2 Å². The van der Waals surface area contributed by atoms with E-state index < -0.39 is 5.97 Å². The van der Waals surface area contributed by atoms with Gasteiger partial charge in [0.15, 0.2) is 0 Å². The fourth-order valence-corrected chi connectivity index (χ4v) is 1.52. The minimum Gasteiger partial charge on any atom is -0.478 e. The molecule has 0 fully saturated rings. The van der Waals surface area contributed by atoms with Crippen molar-refractivity contribution in [2.75, 3.05) is 13.6 Å². The number of rotatable bonds is 5. The van der Waals surface area contributed by atoms with Crippen LogP contribution in [0.1, 0.15) is 29.8 Å². The number of amides is 2. The topological polar surface area (TPSA) is 69.6 Å². The fourth-order valence-electron chi connectivity index (χ4n) is 1.52. The molecule has 0 unspecified atom stereocenters. The van der Waals surface area contributed by atoms with Gasteiger partial charge in [0.2, 0.25) is 0 Å². The van der Waals surface area contributed by atoms with Crippen molar-refractivity contribution in [1.29, 1.82) is 0 Å². The molecule has 5 nitrogen and oxygen atoms in total. The van der Waals surface area contributed by atoms with Crippen molar-refractivity contribution in [3.8, 4) is 0 Å². The molecular weight excluding hydrogens is 244 g/mol. The molecule has 0 aliphatic heterocycles. The lowest BCUT2D eigenvalue weighted by Gasteiger charge is -2.19. The molecule has 1 aromatic rings. The Balaban J connectivity index is 2.54. The van der Waals surface area contributed by atoms with E-state index >= 15 is 0 Å². The second-order valence-electron chi connectivity index (χ2n) is 4.94. The SMILES string of the molecule is CC(C)CNC(=O)N(C)Cc1ccc(C(=O)O)cc1. The second kappa shape index (κ2) is 6.78. The molecule has 0 aliphatic rings. The highest BCUT2D eigenvalue weighted by atomic mass is 16.4. The van der Waals surface area contributed by atoms with E-state index in [0.717, 1.165) is 5.56 Å². The molecule has 19 heavy (non-hydrogen) atoms. The molecule has 0 spiro atoms. The number of carbonyl (C=O) groups is 2. The average molecular weight is 264 g/mol. The predicted molar refractivity (Wildman–Crippen MR) is 73.1 cm³/mol. The summed E-state index contributed by atoms with van der Waals surface area (Å²) in [5, 5.41) is 11.6. The van der Waals surface area contributed by atoms with Crippen molar-refractivity contribution in [3.63, 3.8) is 0 Å². The number of hydrogen-bond donors (Lipinski definition) is 2. The van der Waals surface area contributed by atoms with Gasteiger partial charge in [-0.25, -0.2) is 9.59 Å². The zero-order valence-electron chi connectivity index (χ0n) is 11.5. The van der Waals surface area contributed by atoms with Gasteiger partial charge in [-0.1, -0.05) is 26.0 Å². The van der Waals surface area contributed by atoms with Crippen LogP contribution >= 0.6 is 0 Å². The predicted octanol–water partition coefficient (Wildman–Crippen LogP) is 2.18. The summed E-state index contributed by atoms with van der Waals surface area (Å²) in [6.45, 7) is 5.15. The van der Waals surface area contributed by atoms with Gasteiger partial charge in [0.05, 0.1) is 5.56 Å². The summed E-state index contributed by atoms with van der Waals surface area (Å²) < 4.78 is 0. The Morgan fingerprint density at radius 2 is 1.84 bits per heavy atom. The summed E-state index contributed by atoms with van der Waals surface area (Å²) in [4.78, 5) is 24.0. The van der Waals surface area contributed by atoms with Crippen molar-refractivity contribution >= 4 is 12.0 Å². The first-order valence-corrected chi connectivity index (χ1v) is 6.21. The van der Waals surface area contributed by atoms with Crippen molar-refractivity contribution in [2.45, 2.75) is 20.4 Å². The van der Waals surface area contributed by atoms with E-state index in [1.54, 1.807) is 24.1 Å². The second-order valence-corrected chi connectivity index (χ2v) is 4.94. The number of carboxylic acids is 1. The van der Waals surface area contributed by atoms with Gasteiger partial charge in [-0.2, -0.15) is 0 Å². The Morgan fingerprint density at radius 3 is 2.32 bits per heavy atom. The molecule has 0 saturated carbocycles. The number of carboxylic acid groups (broad SMARTS) is 1. The maximum Gasteiger partial charge on any atom is 0.335 e. The maximum absolute atomic E-state index is 11.7. The standard InChI is InChI=1S/C14H20N2O3/c1-10(2)8-15-14(19)16(3)9-11-4-6-12(7-5-11)13(17)18/h4-7,10H,8-9H2,1-3H3,(H,15,19)(H,17,18). The Bertz CT molecular complexity index is 441. The molecule has 104 valence electrons. The van der Waals surface area contributed by atoms with Gasteiger partial charge < -0.3 is 15.3 Å². The van der Waals surface area contributed by atoms with Gasteiger partial charge in [-0.05, 0) is 23.6 Å². The average Bonchev–Trinajstić information content (AvgIpc) is 2.36. The first-order chi connectivity index (χ1) is 8.90. The van der Waals surface area contributed by atoms with Crippen LogP contribution in [0, 0.1) is 5.92 Å². The smallest absolute Gasteiger partial charge is 0.335 e. The van der Waals surface area contributed by atoms with Crippen molar-refractivity contribution in [2.24, 2.45) is 5.92 Å². The lowest BCUT2D eigenvalue weighted by molar-refractivity contribution is 0.0697. The van der Waals surface area contributed by atoms with Gasteiger partial charge in [-0.15, -0.1) is 0 Å². The van der Waals surface area contributed by atoms with Crippen molar-refractivity contribution in [3.05, 3.63) is 35.4 Å². The van der Waals surface area contributed by atoms with Gasteiger partial charge >= 0.3 is 12.0 Å². The summed E-state index contributed by atoms with van der Waals surface area (Å²) in [7, 11) is 1.71. The van der Waals surface area contributed by atoms with Gasteiger partial charge in [0.25, 0.3) is 0 Å². The lowest BCUT2D eigenvalue weighted by atomic mass is 10.1. The molecule has 2 amide bonds. The van der Waals surface area contributed by atoms with Gasteiger partial charge in [0, 0.05) is 20.1 Å². The molecule has 0 atom stereocenters. The molecule has 2 N–H and O–H groups in total. The minimum absolute atomic E-state index is 0.129. The van der Waals surface area contributed by atoms with E-state index in [2.05, 4.69) is 5.32 Å². The van der Waals surface area contributed by atoms with E-state index in [0.29, 0.717) is 19.0 Å². The number of urea groups is 1. The van der Waals surface area contributed by atoms with Crippen LogP contribution in [0.2, 0.25) is 0 Å². The number of nitrogens with one attached hydrogen (secondary N) is 1. The van der Waals surface area contributed by atoms with Crippen LogP contribution in [0.3, 0.4) is 0 Å². The number of nitrogens with zero attached hydrogens (tertiary/aromatic N) is 1. The van der Waals surface area contributed by atoms with Crippen LogP contribution in [-0.2, 0) is 6.54 Å². The molecule has 0 aliphatic carbocycles. The highest BCUT2D eigenvalue weighted by Gasteiger charge is 2.09. The highest BCUT2D eigenvalue weighted by Crippen LogP contribution is 2.07. The Morgan fingerprint density at radius 1 is 1.26 bits per heavy atom. The zero-order chi connectivity index (χ0) is 14.4. The molecule has 5 heteroatoms. The minimum atomic E-state index is -0.949. The number of hydrogen-bond acceptors (Lipinski definition) is 2. The fraction of sp³-hybridized carbons (Fsp3) is 0.429. The quantitative estimate of drug-likeness (QED) is 0.856. The maximum atomic E-state index is 11.7. The van der Waals surface area contributed by atoms with E-state index in [1.165, 1.54) is 12.1 Å². The van der Waals surface area contributed by atoms with Crippen LogP contribution in [0.5, 0.6) is 0 Å². The van der Waals surface area contributed by atoms with E-state index in [9.17, 15) is 9.59 Å². The largest absolute Gasteiger partial charge is 0.478 e. The van der Waals surface area contributed by atoms with E-state index in [4.69, 9.17) is 5.11 Å². The molecule has 0 bridgehead atoms. The Labute approximate surface area is 113 Å². The number of aromatic carboxylic acids is 1. The third kappa shape index (κ3) is 4.99. The molecule has 0 heterocycles.